The summed E-state index contributed by atoms with van der Waals surface area (Å²) < 4.78 is 0. The van der Waals surface area contributed by atoms with Gasteiger partial charge in [-0.3, -0.25) is 0 Å². The van der Waals surface area contributed by atoms with E-state index in [1.54, 1.807) is 12.1 Å². The highest BCUT2D eigenvalue weighted by Crippen LogP contribution is 2.22. The summed E-state index contributed by atoms with van der Waals surface area (Å²) in [5.41, 5.74) is 7.45. The highest BCUT2D eigenvalue weighted by molar-refractivity contribution is 6.34. The maximum atomic E-state index is 5.95. The molecule has 0 amide bonds. The van der Waals surface area contributed by atoms with E-state index < -0.39 is 0 Å². The fourth-order valence-corrected chi connectivity index (χ4v) is 1.30. The molecule has 0 fully saturated rings. The molecule has 3 heteroatoms. The monoisotopic (exact) mass is 215 g/mol. The molecule has 0 spiro atoms. The normalized spacial score (nSPS) is 11.8. The summed E-state index contributed by atoms with van der Waals surface area (Å²) in [6.45, 7) is 2.49. The Morgan fingerprint density at radius 2 is 2.15 bits per heavy atom. The summed E-state index contributed by atoms with van der Waals surface area (Å²) in [6.07, 6.45) is 1.94. The van der Waals surface area contributed by atoms with Crippen LogP contribution in [0.5, 0.6) is 0 Å². The Morgan fingerprint density at radius 3 is 2.77 bits per heavy atom. The number of nitrogens with two attached hydrogens (primary N) is 1. The fourth-order valence-electron chi connectivity index (χ4n) is 0.950. The van der Waals surface area contributed by atoms with E-state index in [0.29, 0.717) is 16.6 Å². The summed E-state index contributed by atoms with van der Waals surface area (Å²) in [4.78, 5) is 0. The van der Waals surface area contributed by atoms with Crippen molar-refractivity contribution < 1.29 is 0 Å². The number of hydrogen-bond acceptors (Lipinski definition) is 1. The van der Waals surface area contributed by atoms with Crippen molar-refractivity contribution in [2.24, 2.45) is 5.73 Å². The minimum atomic E-state index is 0.531. The molecule has 1 aromatic carbocycles. The Labute approximate surface area is 88.1 Å². The molecule has 0 bridgehead atoms. The van der Waals surface area contributed by atoms with Gasteiger partial charge < -0.3 is 5.73 Å². The van der Waals surface area contributed by atoms with E-state index in [-0.39, 0.29) is 0 Å². The SMILES string of the molecule is C/C(=C/c1cc(Cl)ccc1Cl)CN. The number of rotatable bonds is 2. The topological polar surface area (TPSA) is 26.0 Å². The van der Waals surface area contributed by atoms with Crippen LogP contribution in [0.3, 0.4) is 0 Å². The maximum absolute atomic E-state index is 5.95. The van der Waals surface area contributed by atoms with Crippen LogP contribution in [-0.2, 0) is 0 Å². The van der Waals surface area contributed by atoms with E-state index in [9.17, 15) is 0 Å². The lowest BCUT2D eigenvalue weighted by atomic mass is 10.1. The smallest absolute Gasteiger partial charge is 0.0479 e. The molecule has 0 saturated heterocycles. The molecule has 1 aromatic rings. The van der Waals surface area contributed by atoms with Crippen LogP contribution in [-0.4, -0.2) is 6.54 Å². The summed E-state index contributed by atoms with van der Waals surface area (Å²) in [5.74, 6) is 0. The minimum Gasteiger partial charge on any atom is -0.327 e. The largest absolute Gasteiger partial charge is 0.327 e. The quantitative estimate of drug-likeness (QED) is 0.805. The molecule has 0 aliphatic rings. The zero-order chi connectivity index (χ0) is 9.84. The molecule has 0 heterocycles. The number of benzene rings is 1. The minimum absolute atomic E-state index is 0.531. The summed E-state index contributed by atoms with van der Waals surface area (Å²) in [5, 5.41) is 1.37. The van der Waals surface area contributed by atoms with Gasteiger partial charge in [0.2, 0.25) is 0 Å². The molecule has 0 aromatic heterocycles. The molecule has 70 valence electrons. The van der Waals surface area contributed by atoms with Gasteiger partial charge in [-0.05, 0) is 30.7 Å². The molecule has 0 unspecified atom stereocenters. The van der Waals surface area contributed by atoms with Crippen molar-refractivity contribution in [3.63, 3.8) is 0 Å². The van der Waals surface area contributed by atoms with Gasteiger partial charge in [-0.2, -0.15) is 0 Å². The summed E-state index contributed by atoms with van der Waals surface area (Å²) >= 11 is 11.8. The van der Waals surface area contributed by atoms with E-state index in [4.69, 9.17) is 28.9 Å². The van der Waals surface area contributed by atoms with Crippen LogP contribution in [0.1, 0.15) is 12.5 Å². The van der Waals surface area contributed by atoms with Crippen molar-refractivity contribution in [3.8, 4) is 0 Å². The molecule has 0 saturated carbocycles. The molecule has 0 atom stereocenters. The van der Waals surface area contributed by atoms with Crippen LogP contribution in [0, 0.1) is 0 Å². The van der Waals surface area contributed by atoms with Gasteiger partial charge in [-0.15, -0.1) is 0 Å². The van der Waals surface area contributed by atoms with Gasteiger partial charge in [0, 0.05) is 16.6 Å². The molecule has 0 aliphatic heterocycles. The third kappa shape index (κ3) is 3.03. The average Bonchev–Trinajstić information content (AvgIpc) is 2.11. The van der Waals surface area contributed by atoms with E-state index >= 15 is 0 Å². The summed E-state index contributed by atoms with van der Waals surface area (Å²) in [7, 11) is 0. The van der Waals surface area contributed by atoms with Crippen molar-refractivity contribution in [3.05, 3.63) is 39.4 Å². The van der Waals surface area contributed by atoms with E-state index in [2.05, 4.69) is 0 Å². The lowest BCUT2D eigenvalue weighted by molar-refractivity contribution is 1.15. The van der Waals surface area contributed by atoms with Gasteiger partial charge >= 0.3 is 0 Å². The van der Waals surface area contributed by atoms with Gasteiger partial charge in [-0.1, -0.05) is 34.9 Å². The first-order valence-electron chi connectivity index (χ1n) is 3.96. The van der Waals surface area contributed by atoms with Crippen LogP contribution >= 0.6 is 23.2 Å². The van der Waals surface area contributed by atoms with Crippen LogP contribution in [0.4, 0.5) is 0 Å². The van der Waals surface area contributed by atoms with Gasteiger partial charge in [0.05, 0.1) is 0 Å². The van der Waals surface area contributed by atoms with Crippen LogP contribution in [0.25, 0.3) is 6.08 Å². The van der Waals surface area contributed by atoms with E-state index in [0.717, 1.165) is 11.1 Å². The predicted molar refractivity (Wildman–Crippen MR) is 59.2 cm³/mol. The second kappa shape index (κ2) is 4.66. The molecule has 0 radical (unpaired) electrons. The molecule has 1 rings (SSSR count). The standard InChI is InChI=1S/C10H11Cl2N/c1-7(6-13)4-8-5-9(11)2-3-10(8)12/h2-5H,6,13H2,1H3/b7-4-. The van der Waals surface area contributed by atoms with E-state index in [1.165, 1.54) is 0 Å². The predicted octanol–water partition coefficient (Wildman–Crippen LogP) is 3.36. The maximum Gasteiger partial charge on any atom is 0.0479 e. The first kappa shape index (κ1) is 10.6. The van der Waals surface area contributed by atoms with Crippen molar-refractivity contribution in [1.29, 1.82) is 0 Å². The third-order valence-electron chi connectivity index (χ3n) is 1.68. The van der Waals surface area contributed by atoms with Crippen molar-refractivity contribution in [2.45, 2.75) is 6.92 Å². The van der Waals surface area contributed by atoms with Gasteiger partial charge in [0.1, 0.15) is 0 Å². The van der Waals surface area contributed by atoms with Crippen LogP contribution in [0.15, 0.2) is 23.8 Å². The van der Waals surface area contributed by atoms with Gasteiger partial charge in [0.25, 0.3) is 0 Å². The van der Waals surface area contributed by atoms with Crippen molar-refractivity contribution in [2.75, 3.05) is 6.54 Å². The molecular weight excluding hydrogens is 205 g/mol. The zero-order valence-electron chi connectivity index (χ0n) is 7.35. The van der Waals surface area contributed by atoms with Crippen LogP contribution in [0.2, 0.25) is 10.0 Å². The third-order valence-corrected chi connectivity index (χ3v) is 2.26. The lowest BCUT2D eigenvalue weighted by Crippen LogP contribution is -1.99. The molecular formula is C10H11Cl2N. The Morgan fingerprint density at radius 1 is 1.46 bits per heavy atom. The first-order chi connectivity index (χ1) is 6.13. The number of hydrogen-bond donors (Lipinski definition) is 1. The molecule has 0 aliphatic carbocycles. The fraction of sp³-hybridized carbons (Fsp3) is 0.200. The zero-order valence-corrected chi connectivity index (χ0v) is 8.86. The van der Waals surface area contributed by atoms with Crippen molar-refractivity contribution >= 4 is 29.3 Å². The Hall–Kier alpha value is -0.500. The Kier molecular flexibility index (Phi) is 3.79. The van der Waals surface area contributed by atoms with Gasteiger partial charge in [0.15, 0.2) is 0 Å². The summed E-state index contributed by atoms with van der Waals surface area (Å²) in [6, 6.07) is 5.36. The lowest BCUT2D eigenvalue weighted by Gasteiger charge is -2.00. The highest BCUT2D eigenvalue weighted by atomic mass is 35.5. The van der Waals surface area contributed by atoms with E-state index in [1.807, 2.05) is 19.1 Å². The first-order valence-corrected chi connectivity index (χ1v) is 4.71. The Balaban J connectivity index is 3.07. The second-order valence-corrected chi connectivity index (χ2v) is 3.70. The molecule has 2 N–H and O–H groups in total. The Bertz CT molecular complexity index is 332. The van der Waals surface area contributed by atoms with Crippen molar-refractivity contribution in [1.82, 2.24) is 0 Å². The highest BCUT2D eigenvalue weighted by Gasteiger charge is 1.98. The number of halogens is 2. The molecule has 1 nitrogen and oxygen atoms in total. The average molecular weight is 216 g/mol. The van der Waals surface area contributed by atoms with Crippen LogP contribution < -0.4 is 5.73 Å². The second-order valence-electron chi connectivity index (χ2n) is 2.86. The molecule has 13 heavy (non-hydrogen) atoms. The van der Waals surface area contributed by atoms with Gasteiger partial charge in [-0.25, -0.2) is 0 Å².